The van der Waals surface area contributed by atoms with E-state index in [1.807, 2.05) is 13.8 Å². The number of nitrogens with zero attached hydrogens (tertiary/aromatic N) is 2. The zero-order valence-electron chi connectivity index (χ0n) is 18.0. The molecule has 0 aliphatic carbocycles. The molecule has 1 heterocycles. The van der Waals surface area contributed by atoms with Crippen molar-refractivity contribution in [3.05, 3.63) is 63.3 Å². The lowest BCUT2D eigenvalue weighted by molar-refractivity contribution is -0.119. The number of aromatic nitrogens is 2. The molecule has 1 amide bonds. The van der Waals surface area contributed by atoms with Crippen molar-refractivity contribution in [3.63, 3.8) is 0 Å². The summed E-state index contributed by atoms with van der Waals surface area (Å²) in [6.07, 6.45) is 0. The van der Waals surface area contributed by atoms with Crippen LogP contribution < -0.4 is 10.1 Å². The van der Waals surface area contributed by atoms with Crippen LogP contribution in [0.1, 0.15) is 18.3 Å². The van der Waals surface area contributed by atoms with Crippen LogP contribution in [0.2, 0.25) is 5.02 Å². The quantitative estimate of drug-likeness (QED) is 0.454. The highest BCUT2D eigenvalue weighted by molar-refractivity contribution is 9.10. The van der Waals surface area contributed by atoms with Crippen molar-refractivity contribution >= 4 is 49.0 Å². The van der Waals surface area contributed by atoms with Gasteiger partial charge in [0.05, 0.1) is 39.5 Å². The van der Waals surface area contributed by atoms with Gasteiger partial charge in [0, 0.05) is 22.5 Å². The molecule has 0 saturated heterocycles. The smallest absolute Gasteiger partial charge is 0.229 e. The summed E-state index contributed by atoms with van der Waals surface area (Å²) in [5, 5.41) is 7.66. The highest BCUT2D eigenvalue weighted by Crippen LogP contribution is 2.29. The average molecular weight is 541 g/mol. The molecule has 10 heteroatoms. The van der Waals surface area contributed by atoms with Gasteiger partial charge in [-0.15, -0.1) is 0 Å². The highest BCUT2D eigenvalue weighted by Gasteiger charge is 2.22. The van der Waals surface area contributed by atoms with E-state index in [1.54, 1.807) is 17.7 Å². The van der Waals surface area contributed by atoms with E-state index in [2.05, 4.69) is 26.3 Å². The van der Waals surface area contributed by atoms with E-state index in [0.717, 1.165) is 15.9 Å². The Hall–Kier alpha value is -2.36. The minimum Gasteiger partial charge on any atom is -0.497 e. The molecule has 2 aromatic carbocycles. The van der Waals surface area contributed by atoms with Gasteiger partial charge in [0.15, 0.2) is 0 Å². The summed E-state index contributed by atoms with van der Waals surface area (Å²) in [6, 6.07) is 10.3. The van der Waals surface area contributed by atoms with Gasteiger partial charge in [0.25, 0.3) is 0 Å². The van der Waals surface area contributed by atoms with Gasteiger partial charge in [0.2, 0.25) is 15.7 Å². The summed E-state index contributed by atoms with van der Waals surface area (Å²) in [5.41, 5.74) is 2.10. The molecule has 0 aliphatic heterocycles. The van der Waals surface area contributed by atoms with Gasteiger partial charge >= 0.3 is 0 Å². The molecule has 1 atom stereocenters. The van der Waals surface area contributed by atoms with Crippen molar-refractivity contribution < 1.29 is 17.9 Å². The van der Waals surface area contributed by atoms with Crippen molar-refractivity contribution in [3.8, 4) is 5.75 Å². The van der Waals surface area contributed by atoms with E-state index >= 15 is 0 Å². The Morgan fingerprint density at radius 1 is 1.19 bits per heavy atom. The van der Waals surface area contributed by atoms with Gasteiger partial charge in [-0.2, -0.15) is 5.10 Å². The van der Waals surface area contributed by atoms with Crippen LogP contribution in [0.3, 0.4) is 0 Å². The second kappa shape index (κ2) is 9.64. The molecule has 0 spiro atoms. The van der Waals surface area contributed by atoms with Crippen molar-refractivity contribution in [2.45, 2.75) is 37.1 Å². The van der Waals surface area contributed by atoms with Crippen LogP contribution in [-0.4, -0.2) is 31.2 Å². The summed E-state index contributed by atoms with van der Waals surface area (Å²) in [4.78, 5) is 12.9. The molecular weight excluding hydrogens is 518 g/mol. The Morgan fingerprint density at radius 2 is 1.84 bits per heavy atom. The minimum atomic E-state index is -3.83. The Labute approximate surface area is 200 Å². The van der Waals surface area contributed by atoms with E-state index in [9.17, 15) is 13.2 Å². The number of anilines is 1. The molecule has 0 fully saturated rings. The van der Waals surface area contributed by atoms with Crippen molar-refractivity contribution in [2.75, 3.05) is 12.4 Å². The number of hydrogen-bond acceptors (Lipinski definition) is 5. The van der Waals surface area contributed by atoms with E-state index in [1.165, 1.54) is 43.5 Å². The summed E-state index contributed by atoms with van der Waals surface area (Å²) in [5.74, 6) is -0.371. The first-order chi connectivity index (χ1) is 15.0. The Morgan fingerprint density at radius 3 is 2.41 bits per heavy atom. The lowest BCUT2D eigenvalue weighted by Crippen LogP contribution is -2.25. The molecule has 1 N–H and O–H groups in total. The molecule has 1 unspecified atom stereocenters. The molecule has 0 radical (unpaired) electrons. The predicted molar refractivity (Wildman–Crippen MR) is 127 cm³/mol. The number of nitrogens with one attached hydrogen (secondary N) is 1. The number of carbonyl (C=O) groups is 1. The summed E-state index contributed by atoms with van der Waals surface area (Å²) < 4.78 is 34.1. The average Bonchev–Trinajstić information content (AvgIpc) is 3.00. The number of aryl methyl sites for hydroxylation is 1. The maximum Gasteiger partial charge on any atom is 0.229 e. The van der Waals surface area contributed by atoms with Gasteiger partial charge < -0.3 is 10.1 Å². The third-order valence-electron chi connectivity index (χ3n) is 5.01. The molecule has 32 heavy (non-hydrogen) atoms. The maximum atomic E-state index is 13.1. The fourth-order valence-electron chi connectivity index (χ4n) is 3.13. The molecule has 3 aromatic rings. The molecule has 3 rings (SSSR count). The van der Waals surface area contributed by atoms with Crippen molar-refractivity contribution in [2.24, 2.45) is 5.92 Å². The van der Waals surface area contributed by atoms with Crippen LogP contribution in [-0.2, 0) is 21.2 Å². The number of rotatable bonds is 7. The normalized spacial score (nSPS) is 12.4. The zero-order valence-corrected chi connectivity index (χ0v) is 21.2. The number of ether oxygens (including phenoxy) is 1. The Balaban J connectivity index is 1.85. The third kappa shape index (κ3) is 5.16. The lowest BCUT2D eigenvalue weighted by atomic mass is 10.1. The maximum absolute atomic E-state index is 13.1. The van der Waals surface area contributed by atoms with Crippen LogP contribution in [0.15, 0.2) is 56.7 Å². The number of carbonyl (C=O) groups excluding carboxylic acids is 1. The van der Waals surface area contributed by atoms with Gasteiger partial charge in [-0.1, -0.05) is 18.5 Å². The Kier molecular flexibility index (Phi) is 7.32. The summed E-state index contributed by atoms with van der Waals surface area (Å²) >= 11 is 9.36. The monoisotopic (exact) mass is 539 g/mol. The largest absolute Gasteiger partial charge is 0.497 e. The first kappa shape index (κ1) is 24.3. The molecule has 7 nitrogen and oxygen atoms in total. The van der Waals surface area contributed by atoms with Gasteiger partial charge in [0.1, 0.15) is 5.75 Å². The van der Waals surface area contributed by atoms with Gasteiger partial charge in [-0.05, 0) is 66.2 Å². The SMILES string of the molecule is COc1cc(NC(=O)C(C)Cn2nc(C)c(Br)c2C)cc(S(=O)(=O)c2ccc(Cl)cc2)c1. The van der Waals surface area contributed by atoms with E-state index in [4.69, 9.17) is 16.3 Å². The third-order valence-corrected chi connectivity index (χ3v) is 8.15. The molecule has 170 valence electrons. The predicted octanol–water partition coefficient (Wildman–Crippen LogP) is 5.03. The van der Waals surface area contributed by atoms with Crippen LogP contribution >= 0.6 is 27.5 Å². The second-order valence-electron chi connectivity index (χ2n) is 7.41. The standard InChI is InChI=1S/C22H23BrClN3O4S/c1-13(12-27-15(3)21(23)14(2)26-27)22(28)25-17-9-18(31-4)11-20(10-17)32(29,30)19-7-5-16(24)6-8-19/h5-11,13H,12H2,1-4H3,(H,25,28). The number of hydrogen-bond donors (Lipinski definition) is 1. The first-order valence-corrected chi connectivity index (χ1v) is 12.4. The molecule has 0 aliphatic rings. The number of amides is 1. The summed E-state index contributed by atoms with van der Waals surface area (Å²) in [6.45, 7) is 5.97. The van der Waals surface area contributed by atoms with E-state index < -0.39 is 15.8 Å². The first-order valence-electron chi connectivity index (χ1n) is 9.73. The molecular formula is C22H23BrClN3O4S. The van der Waals surface area contributed by atoms with Gasteiger partial charge in [-0.3, -0.25) is 9.48 Å². The van der Waals surface area contributed by atoms with Crippen LogP contribution in [0.4, 0.5) is 5.69 Å². The fourth-order valence-corrected chi connectivity index (χ4v) is 4.86. The summed E-state index contributed by atoms with van der Waals surface area (Å²) in [7, 11) is -2.40. The Bertz CT molecular complexity index is 1260. The fraction of sp³-hybridized carbons (Fsp3) is 0.273. The second-order valence-corrected chi connectivity index (χ2v) is 10.6. The van der Waals surface area contributed by atoms with Crippen molar-refractivity contribution in [1.82, 2.24) is 9.78 Å². The van der Waals surface area contributed by atoms with E-state index in [-0.39, 0.29) is 15.7 Å². The molecule has 1 aromatic heterocycles. The highest BCUT2D eigenvalue weighted by atomic mass is 79.9. The minimum absolute atomic E-state index is 0.00426. The topological polar surface area (TPSA) is 90.3 Å². The van der Waals surface area contributed by atoms with Crippen LogP contribution in [0.25, 0.3) is 0 Å². The van der Waals surface area contributed by atoms with Crippen molar-refractivity contribution in [1.29, 1.82) is 0 Å². The van der Waals surface area contributed by atoms with Gasteiger partial charge in [-0.25, -0.2) is 8.42 Å². The number of halogens is 2. The number of sulfone groups is 1. The van der Waals surface area contributed by atoms with E-state index in [0.29, 0.717) is 23.0 Å². The van der Waals surface area contributed by atoms with Crippen LogP contribution in [0.5, 0.6) is 5.75 Å². The van der Waals surface area contributed by atoms with Crippen LogP contribution in [0, 0.1) is 19.8 Å². The number of benzene rings is 2. The molecule has 0 bridgehead atoms. The lowest BCUT2D eigenvalue weighted by Gasteiger charge is -2.15. The number of methoxy groups -OCH3 is 1. The molecule has 0 saturated carbocycles. The zero-order chi connectivity index (χ0) is 23.6.